The van der Waals surface area contributed by atoms with E-state index < -0.39 is 0 Å². The molecule has 3 aliphatic heterocycles. The van der Waals surface area contributed by atoms with Crippen LogP contribution >= 0.6 is 0 Å². The summed E-state index contributed by atoms with van der Waals surface area (Å²) < 4.78 is 0. The Balaban J connectivity index is 2.13. The molecule has 1 atom stereocenters. The highest BCUT2D eigenvalue weighted by Crippen LogP contribution is 2.35. The number of nitrogens with two attached hydrogens (primary N) is 1. The lowest BCUT2D eigenvalue weighted by Crippen LogP contribution is -2.63. The Kier molecular flexibility index (Phi) is 1.69. The summed E-state index contributed by atoms with van der Waals surface area (Å²) in [6, 6.07) is 0. The molecule has 2 heteroatoms. The zero-order valence-electron chi connectivity index (χ0n) is 7.34. The van der Waals surface area contributed by atoms with Crippen LogP contribution in [0.3, 0.4) is 0 Å². The van der Waals surface area contributed by atoms with Gasteiger partial charge in [0.1, 0.15) is 0 Å². The predicted octanol–water partition coefficient (Wildman–Crippen LogP) is 0.819. The van der Waals surface area contributed by atoms with Crippen LogP contribution in [-0.4, -0.2) is 30.1 Å². The van der Waals surface area contributed by atoms with Gasteiger partial charge in [-0.05, 0) is 38.3 Å². The van der Waals surface area contributed by atoms with Gasteiger partial charge >= 0.3 is 0 Å². The highest BCUT2D eigenvalue weighted by molar-refractivity contribution is 5.00. The van der Waals surface area contributed by atoms with Crippen molar-refractivity contribution in [1.82, 2.24) is 4.90 Å². The normalized spacial score (nSPS) is 49.6. The van der Waals surface area contributed by atoms with Gasteiger partial charge in [0.2, 0.25) is 0 Å². The molecule has 1 unspecified atom stereocenters. The molecular weight excluding hydrogens is 136 g/mol. The van der Waals surface area contributed by atoms with Crippen molar-refractivity contribution >= 4 is 0 Å². The van der Waals surface area contributed by atoms with Crippen molar-refractivity contribution in [3.8, 4) is 0 Å². The molecule has 0 spiro atoms. The molecule has 2 bridgehead atoms. The van der Waals surface area contributed by atoms with Gasteiger partial charge in [-0.1, -0.05) is 6.92 Å². The van der Waals surface area contributed by atoms with Crippen LogP contribution in [0.1, 0.15) is 26.2 Å². The minimum atomic E-state index is 0.163. The largest absolute Gasteiger partial charge is 0.324 e. The minimum absolute atomic E-state index is 0.163. The summed E-state index contributed by atoms with van der Waals surface area (Å²) in [6.45, 7) is 5.96. The number of rotatable bonds is 1. The third kappa shape index (κ3) is 1.09. The first-order chi connectivity index (χ1) is 5.24. The molecule has 3 rings (SSSR count). The van der Waals surface area contributed by atoms with Gasteiger partial charge in [-0.3, -0.25) is 0 Å². The van der Waals surface area contributed by atoms with Crippen LogP contribution in [0, 0.1) is 5.92 Å². The van der Waals surface area contributed by atoms with Crippen molar-refractivity contribution in [2.45, 2.75) is 31.7 Å². The molecular formula is C9H18N2. The van der Waals surface area contributed by atoms with Crippen molar-refractivity contribution in [1.29, 1.82) is 0 Å². The molecule has 0 aromatic carbocycles. The third-order valence-corrected chi connectivity index (χ3v) is 3.58. The molecule has 0 aromatic rings. The number of nitrogens with zero attached hydrogens (tertiary/aromatic N) is 1. The highest BCUT2D eigenvalue weighted by atomic mass is 15.2. The summed E-state index contributed by atoms with van der Waals surface area (Å²) in [6.07, 6.45) is 3.82. The monoisotopic (exact) mass is 154 g/mol. The molecule has 2 N–H and O–H groups in total. The van der Waals surface area contributed by atoms with Crippen LogP contribution < -0.4 is 5.73 Å². The lowest BCUT2D eigenvalue weighted by molar-refractivity contribution is 0.0267. The van der Waals surface area contributed by atoms with Crippen molar-refractivity contribution in [3.63, 3.8) is 0 Å². The van der Waals surface area contributed by atoms with Gasteiger partial charge < -0.3 is 10.6 Å². The summed E-state index contributed by atoms with van der Waals surface area (Å²) in [5.41, 5.74) is 6.47. The van der Waals surface area contributed by atoms with E-state index in [0.717, 1.165) is 18.9 Å². The first-order valence-corrected chi connectivity index (χ1v) is 4.76. The topological polar surface area (TPSA) is 29.3 Å². The lowest BCUT2D eigenvalue weighted by atomic mass is 9.72. The van der Waals surface area contributed by atoms with E-state index in [2.05, 4.69) is 11.8 Å². The summed E-state index contributed by atoms with van der Waals surface area (Å²) >= 11 is 0. The summed E-state index contributed by atoms with van der Waals surface area (Å²) in [5, 5.41) is 0. The number of hydrogen-bond acceptors (Lipinski definition) is 2. The Morgan fingerprint density at radius 1 is 1.45 bits per heavy atom. The van der Waals surface area contributed by atoms with E-state index in [1.54, 1.807) is 0 Å². The van der Waals surface area contributed by atoms with E-state index in [-0.39, 0.29) is 5.54 Å². The van der Waals surface area contributed by atoms with Crippen LogP contribution in [0.4, 0.5) is 0 Å². The maximum atomic E-state index is 6.30. The molecule has 3 aliphatic rings. The molecule has 0 aliphatic carbocycles. The van der Waals surface area contributed by atoms with E-state index in [1.165, 1.54) is 25.9 Å². The van der Waals surface area contributed by atoms with Crippen molar-refractivity contribution in [2.24, 2.45) is 11.7 Å². The Morgan fingerprint density at radius 2 is 2.09 bits per heavy atom. The SMILES string of the molecule is CCC1(N)CN2CCC1CC2. The minimum Gasteiger partial charge on any atom is -0.324 e. The molecule has 2 nitrogen and oxygen atoms in total. The predicted molar refractivity (Wildman–Crippen MR) is 46.4 cm³/mol. The highest BCUT2D eigenvalue weighted by Gasteiger charge is 2.42. The fourth-order valence-electron chi connectivity index (χ4n) is 2.61. The van der Waals surface area contributed by atoms with E-state index >= 15 is 0 Å². The maximum absolute atomic E-state index is 6.30. The van der Waals surface area contributed by atoms with Crippen LogP contribution in [0.5, 0.6) is 0 Å². The molecule has 0 aromatic heterocycles. The van der Waals surface area contributed by atoms with Gasteiger partial charge in [-0.2, -0.15) is 0 Å². The van der Waals surface area contributed by atoms with Crippen LogP contribution in [0.2, 0.25) is 0 Å². The molecule has 0 amide bonds. The van der Waals surface area contributed by atoms with Gasteiger partial charge in [0.05, 0.1) is 0 Å². The van der Waals surface area contributed by atoms with Crippen LogP contribution in [0.15, 0.2) is 0 Å². The van der Waals surface area contributed by atoms with Gasteiger partial charge in [0.15, 0.2) is 0 Å². The maximum Gasteiger partial charge on any atom is 0.0310 e. The summed E-state index contributed by atoms with van der Waals surface area (Å²) in [5.74, 6) is 0.817. The number of fused-ring (bicyclic) bond motifs is 3. The van der Waals surface area contributed by atoms with E-state index in [1.807, 2.05) is 0 Å². The average Bonchev–Trinajstić information content (AvgIpc) is 2.06. The molecule has 0 radical (unpaired) electrons. The average molecular weight is 154 g/mol. The standard InChI is InChI=1S/C9H18N2/c1-2-9(10)7-11-5-3-8(9)4-6-11/h8H,2-7,10H2,1H3. The molecule has 3 saturated heterocycles. The van der Waals surface area contributed by atoms with E-state index in [9.17, 15) is 0 Å². The zero-order chi connectivity index (χ0) is 7.90. The Bertz CT molecular complexity index is 150. The van der Waals surface area contributed by atoms with Gasteiger partial charge in [-0.15, -0.1) is 0 Å². The fourth-order valence-corrected chi connectivity index (χ4v) is 2.61. The second-order valence-corrected chi connectivity index (χ2v) is 4.14. The first-order valence-electron chi connectivity index (χ1n) is 4.76. The van der Waals surface area contributed by atoms with Crippen molar-refractivity contribution < 1.29 is 0 Å². The van der Waals surface area contributed by atoms with Crippen molar-refractivity contribution in [3.05, 3.63) is 0 Å². The molecule has 11 heavy (non-hydrogen) atoms. The number of piperidine rings is 3. The third-order valence-electron chi connectivity index (χ3n) is 3.58. The first kappa shape index (κ1) is 7.56. The summed E-state index contributed by atoms with van der Waals surface area (Å²) in [4.78, 5) is 2.52. The molecule has 3 fully saturated rings. The molecule has 64 valence electrons. The van der Waals surface area contributed by atoms with Crippen LogP contribution in [-0.2, 0) is 0 Å². The van der Waals surface area contributed by atoms with Gasteiger partial charge in [0, 0.05) is 12.1 Å². The second kappa shape index (κ2) is 2.46. The number of hydrogen-bond donors (Lipinski definition) is 1. The van der Waals surface area contributed by atoms with Crippen LogP contribution in [0.25, 0.3) is 0 Å². The lowest BCUT2D eigenvalue weighted by Gasteiger charge is -2.51. The fraction of sp³-hybridized carbons (Fsp3) is 1.00. The zero-order valence-corrected chi connectivity index (χ0v) is 7.34. The quantitative estimate of drug-likeness (QED) is 0.606. The molecule has 3 heterocycles. The van der Waals surface area contributed by atoms with E-state index in [0.29, 0.717) is 0 Å². The van der Waals surface area contributed by atoms with Gasteiger partial charge in [0.25, 0.3) is 0 Å². The summed E-state index contributed by atoms with van der Waals surface area (Å²) in [7, 11) is 0. The smallest absolute Gasteiger partial charge is 0.0310 e. The Labute approximate surface area is 68.7 Å². The van der Waals surface area contributed by atoms with E-state index in [4.69, 9.17) is 5.73 Å². The van der Waals surface area contributed by atoms with Crippen molar-refractivity contribution in [2.75, 3.05) is 19.6 Å². The molecule has 0 saturated carbocycles. The van der Waals surface area contributed by atoms with Gasteiger partial charge in [-0.25, -0.2) is 0 Å². The second-order valence-electron chi connectivity index (χ2n) is 4.14. The Morgan fingerprint density at radius 3 is 2.36 bits per heavy atom. The Hall–Kier alpha value is -0.0800.